The molecule has 7 nitrogen and oxygen atoms in total. The highest BCUT2D eigenvalue weighted by Crippen LogP contribution is 2.27. The van der Waals surface area contributed by atoms with Crippen molar-refractivity contribution in [2.45, 2.75) is 31.3 Å². The van der Waals surface area contributed by atoms with E-state index in [0.29, 0.717) is 36.8 Å². The maximum Gasteiger partial charge on any atom is 0.264 e. The van der Waals surface area contributed by atoms with Crippen LogP contribution < -0.4 is 14.4 Å². The van der Waals surface area contributed by atoms with Gasteiger partial charge in [-0.2, -0.15) is 0 Å². The maximum absolute atomic E-state index is 13.4. The second-order valence-corrected chi connectivity index (χ2v) is 9.72. The van der Waals surface area contributed by atoms with E-state index < -0.39 is 15.9 Å². The first-order chi connectivity index (χ1) is 16.4. The summed E-state index contributed by atoms with van der Waals surface area (Å²) >= 11 is 0. The van der Waals surface area contributed by atoms with Gasteiger partial charge in [0, 0.05) is 13.2 Å². The van der Waals surface area contributed by atoms with Crippen LogP contribution in [0.5, 0.6) is 11.5 Å². The highest BCUT2D eigenvalue weighted by molar-refractivity contribution is 7.92. The van der Waals surface area contributed by atoms with Gasteiger partial charge in [-0.05, 0) is 68.8 Å². The zero-order valence-corrected chi connectivity index (χ0v) is 20.2. The molecule has 0 bridgehead atoms. The molecule has 1 amide bonds. The lowest BCUT2D eigenvalue weighted by molar-refractivity contribution is -0.119. The molecule has 0 heterocycles. The Labute approximate surface area is 201 Å². The Morgan fingerprint density at radius 1 is 0.882 bits per heavy atom. The Hall–Kier alpha value is -3.36. The molecule has 0 saturated heterocycles. The van der Waals surface area contributed by atoms with Crippen LogP contribution >= 0.6 is 0 Å². The second-order valence-electron chi connectivity index (χ2n) is 7.86. The molecule has 8 heteroatoms. The largest absolute Gasteiger partial charge is 0.457 e. The highest BCUT2D eigenvalue weighted by Gasteiger charge is 2.27. The zero-order valence-electron chi connectivity index (χ0n) is 19.4. The molecule has 0 aliphatic rings. The van der Waals surface area contributed by atoms with Crippen molar-refractivity contribution in [3.63, 3.8) is 0 Å². The van der Waals surface area contributed by atoms with Crippen LogP contribution in [0.25, 0.3) is 0 Å². The first-order valence-corrected chi connectivity index (χ1v) is 12.6. The molecule has 0 fully saturated rings. The summed E-state index contributed by atoms with van der Waals surface area (Å²) in [5, 5.41) is 2.77. The summed E-state index contributed by atoms with van der Waals surface area (Å²) in [4.78, 5) is 12.7. The number of para-hydroxylation sites is 1. The molecule has 0 radical (unpaired) electrons. The molecule has 3 aromatic rings. The van der Waals surface area contributed by atoms with E-state index in [1.807, 2.05) is 44.2 Å². The van der Waals surface area contributed by atoms with Crippen LogP contribution in [0.1, 0.15) is 20.3 Å². The van der Waals surface area contributed by atoms with Gasteiger partial charge in [0.15, 0.2) is 0 Å². The number of amides is 1. The highest BCUT2D eigenvalue weighted by atomic mass is 32.2. The Balaban J connectivity index is 1.76. The fraction of sp³-hybridized carbons (Fsp3) is 0.269. The van der Waals surface area contributed by atoms with E-state index in [0.717, 1.165) is 4.31 Å². The summed E-state index contributed by atoms with van der Waals surface area (Å²) in [7, 11) is -3.96. The first-order valence-electron chi connectivity index (χ1n) is 11.2. The van der Waals surface area contributed by atoms with Gasteiger partial charge in [-0.1, -0.05) is 36.4 Å². The second kappa shape index (κ2) is 12.2. The third kappa shape index (κ3) is 7.33. The molecule has 34 heavy (non-hydrogen) atoms. The Morgan fingerprint density at radius 2 is 1.47 bits per heavy atom. The lowest BCUT2D eigenvalue weighted by atomic mass is 10.3. The van der Waals surface area contributed by atoms with Crippen molar-refractivity contribution in [1.29, 1.82) is 0 Å². The molecule has 0 spiro atoms. The number of carbonyl (C=O) groups excluding carboxylic acids is 1. The van der Waals surface area contributed by atoms with E-state index in [9.17, 15) is 13.2 Å². The number of hydrogen-bond acceptors (Lipinski definition) is 5. The fourth-order valence-electron chi connectivity index (χ4n) is 3.15. The molecule has 0 aromatic heterocycles. The van der Waals surface area contributed by atoms with Crippen LogP contribution in [0.15, 0.2) is 89.8 Å². The van der Waals surface area contributed by atoms with Crippen molar-refractivity contribution in [2.24, 2.45) is 0 Å². The standard InChI is InChI=1S/C26H30N2O5S/c1-21(2)32-19-9-18-27-26(29)20-28(34(30,31)25-12-7-4-8-13-25)22-14-16-24(17-15-22)33-23-10-5-3-6-11-23/h3-8,10-17,21H,9,18-20H2,1-2H3,(H,27,29). The molecule has 1 N–H and O–H groups in total. The third-order valence-corrected chi connectivity index (χ3v) is 6.60. The number of nitrogens with one attached hydrogen (secondary N) is 1. The van der Waals surface area contributed by atoms with Crippen molar-refractivity contribution >= 4 is 21.6 Å². The Morgan fingerprint density at radius 3 is 2.09 bits per heavy atom. The van der Waals surface area contributed by atoms with Gasteiger partial charge in [0.2, 0.25) is 5.91 Å². The van der Waals surface area contributed by atoms with Crippen molar-refractivity contribution < 1.29 is 22.7 Å². The van der Waals surface area contributed by atoms with E-state index in [2.05, 4.69) is 5.32 Å². The summed E-state index contributed by atoms with van der Waals surface area (Å²) < 4.78 is 39.2. The minimum absolute atomic E-state index is 0.109. The molecule has 3 aromatic carbocycles. The maximum atomic E-state index is 13.4. The van der Waals surface area contributed by atoms with Gasteiger partial charge in [0.05, 0.1) is 16.7 Å². The summed E-state index contributed by atoms with van der Waals surface area (Å²) in [6.07, 6.45) is 0.761. The number of benzene rings is 3. The summed E-state index contributed by atoms with van der Waals surface area (Å²) in [5.41, 5.74) is 0.363. The molecule has 3 rings (SSSR count). The van der Waals surface area contributed by atoms with Crippen LogP contribution in [-0.4, -0.2) is 40.1 Å². The minimum Gasteiger partial charge on any atom is -0.457 e. The van der Waals surface area contributed by atoms with Gasteiger partial charge >= 0.3 is 0 Å². The zero-order chi connectivity index (χ0) is 24.4. The first kappa shape index (κ1) is 25.3. The predicted octanol–water partition coefficient (Wildman–Crippen LogP) is 4.61. The lowest BCUT2D eigenvalue weighted by Gasteiger charge is -2.24. The summed E-state index contributed by atoms with van der Waals surface area (Å²) in [5.74, 6) is 0.833. The van der Waals surface area contributed by atoms with Gasteiger partial charge in [-0.15, -0.1) is 0 Å². The minimum atomic E-state index is -3.96. The van der Waals surface area contributed by atoms with Crippen LogP contribution in [-0.2, 0) is 19.6 Å². The molecule has 0 saturated carbocycles. The monoisotopic (exact) mass is 482 g/mol. The molecule has 0 atom stereocenters. The Kier molecular flexibility index (Phi) is 9.07. The van der Waals surface area contributed by atoms with E-state index in [4.69, 9.17) is 9.47 Å². The predicted molar refractivity (Wildman–Crippen MR) is 133 cm³/mol. The fourth-order valence-corrected chi connectivity index (χ4v) is 4.59. The molecule has 180 valence electrons. The summed E-state index contributed by atoms with van der Waals surface area (Å²) in [6, 6.07) is 24.0. The van der Waals surface area contributed by atoms with Crippen molar-refractivity contribution in [3.8, 4) is 11.5 Å². The smallest absolute Gasteiger partial charge is 0.264 e. The quantitative estimate of drug-likeness (QED) is 0.381. The molecule has 0 unspecified atom stereocenters. The molecular formula is C26H30N2O5S. The van der Waals surface area contributed by atoms with Crippen LogP contribution in [0.4, 0.5) is 5.69 Å². The molecule has 0 aliphatic carbocycles. The Bertz CT molecular complexity index is 1130. The average molecular weight is 483 g/mol. The van der Waals surface area contributed by atoms with Crippen molar-refractivity contribution in [1.82, 2.24) is 5.32 Å². The lowest BCUT2D eigenvalue weighted by Crippen LogP contribution is -2.41. The van der Waals surface area contributed by atoms with Gasteiger partial charge in [-0.3, -0.25) is 9.10 Å². The summed E-state index contributed by atoms with van der Waals surface area (Å²) in [6.45, 7) is 4.46. The van der Waals surface area contributed by atoms with Crippen LogP contribution in [0.2, 0.25) is 0 Å². The normalized spacial score (nSPS) is 11.3. The number of carbonyl (C=O) groups is 1. The van der Waals surface area contributed by atoms with Crippen molar-refractivity contribution in [2.75, 3.05) is 24.0 Å². The van der Waals surface area contributed by atoms with E-state index in [-0.39, 0.29) is 17.5 Å². The molecule has 0 aliphatic heterocycles. The van der Waals surface area contributed by atoms with Crippen LogP contribution in [0, 0.1) is 0 Å². The van der Waals surface area contributed by atoms with E-state index in [1.165, 1.54) is 12.1 Å². The van der Waals surface area contributed by atoms with E-state index in [1.54, 1.807) is 42.5 Å². The van der Waals surface area contributed by atoms with Gasteiger partial charge in [-0.25, -0.2) is 8.42 Å². The number of hydrogen-bond donors (Lipinski definition) is 1. The van der Waals surface area contributed by atoms with Crippen LogP contribution in [0.3, 0.4) is 0 Å². The van der Waals surface area contributed by atoms with E-state index >= 15 is 0 Å². The van der Waals surface area contributed by atoms with Gasteiger partial charge < -0.3 is 14.8 Å². The SMILES string of the molecule is CC(C)OCCCNC(=O)CN(c1ccc(Oc2ccccc2)cc1)S(=O)(=O)c1ccccc1. The van der Waals surface area contributed by atoms with Crippen molar-refractivity contribution in [3.05, 3.63) is 84.9 Å². The number of anilines is 1. The number of nitrogens with zero attached hydrogens (tertiary/aromatic N) is 1. The average Bonchev–Trinajstić information content (AvgIpc) is 2.84. The number of sulfonamides is 1. The number of ether oxygens (including phenoxy) is 2. The number of rotatable bonds is 12. The molecular weight excluding hydrogens is 452 g/mol. The topological polar surface area (TPSA) is 84.9 Å². The van der Waals surface area contributed by atoms with Gasteiger partial charge in [0.25, 0.3) is 10.0 Å². The van der Waals surface area contributed by atoms with Gasteiger partial charge in [0.1, 0.15) is 18.0 Å². The third-order valence-electron chi connectivity index (χ3n) is 4.82.